The molecule has 1 aromatic rings. The van der Waals surface area contributed by atoms with Gasteiger partial charge in [0.2, 0.25) is 0 Å². The minimum absolute atomic E-state index is 0.144. The Morgan fingerprint density at radius 2 is 2.16 bits per heavy atom. The first kappa shape index (κ1) is 14.6. The van der Waals surface area contributed by atoms with E-state index in [9.17, 15) is 4.79 Å². The maximum atomic E-state index is 12.5. The highest BCUT2D eigenvalue weighted by Crippen LogP contribution is 2.26. The second-order valence-corrected chi connectivity index (χ2v) is 6.77. The molecule has 0 spiro atoms. The largest absolute Gasteiger partial charge is 0.339 e. The number of hydrogen-bond donors (Lipinski definition) is 0. The van der Waals surface area contributed by atoms with Crippen LogP contribution in [-0.2, 0) is 13.5 Å². The number of carbonyl (C=O) groups is 1. The number of nitrogens with zero attached hydrogens (tertiary/aromatic N) is 3. The zero-order valence-corrected chi connectivity index (χ0v) is 13.5. The van der Waals surface area contributed by atoms with Gasteiger partial charge in [0.1, 0.15) is 0 Å². The Labute approximate surface area is 123 Å². The van der Waals surface area contributed by atoms with E-state index in [0.717, 1.165) is 43.6 Å². The quantitative estimate of drug-likeness (QED) is 0.800. The molecular weight excluding hydrogens is 306 g/mol. The highest BCUT2D eigenvalue weighted by Gasteiger charge is 2.27. The van der Waals surface area contributed by atoms with Crippen molar-refractivity contribution in [1.82, 2.24) is 14.7 Å². The standard InChI is InChI=1S/C14H22BrN3O/c1-4-13-12(9-17(3)16-13)14(19)18-7-5-11(6-8-18)10(2)15/h9-11H,4-8H2,1-3H3. The third-order valence-corrected chi connectivity index (χ3v) is 4.69. The fourth-order valence-electron chi connectivity index (χ4n) is 2.71. The van der Waals surface area contributed by atoms with Gasteiger partial charge in [0.15, 0.2) is 0 Å². The lowest BCUT2D eigenvalue weighted by Crippen LogP contribution is -2.40. The molecule has 0 radical (unpaired) electrons. The van der Waals surface area contributed by atoms with E-state index in [-0.39, 0.29) is 5.91 Å². The average molecular weight is 328 g/mol. The number of aromatic nitrogens is 2. The molecule has 1 unspecified atom stereocenters. The Kier molecular flexibility index (Phi) is 4.66. The summed E-state index contributed by atoms with van der Waals surface area (Å²) in [7, 11) is 1.87. The Hall–Kier alpha value is -0.840. The van der Waals surface area contributed by atoms with E-state index in [4.69, 9.17) is 0 Å². The molecule has 106 valence electrons. The molecule has 5 heteroatoms. The molecule has 0 saturated carbocycles. The SMILES string of the molecule is CCc1nn(C)cc1C(=O)N1CCC(C(C)Br)CC1. The highest BCUT2D eigenvalue weighted by atomic mass is 79.9. The number of aryl methyl sites for hydroxylation is 2. The van der Waals surface area contributed by atoms with Crippen molar-refractivity contribution in [1.29, 1.82) is 0 Å². The summed E-state index contributed by atoms with van der Waals surface area (Å²) in [6, 6.07) is 0. The lowest BCUT2D eigenvalue weighted by atomic mass is 9.94. The van der Waals surface area contributed by atoms with Crippen LogP contribution in [0.1, 0.15) is 42.7 Å². The van der Waals surface area contributed by atoms with Crippen molar-refractivity contribution in [2.45, 2.75) is 37.9 Å². The first-order chi connectivity index (χ1) is 9.02. The minimum Gasteiger partial charge on any atom is -0.339 e. The average Bonchev–Trinajstić information content (AvgIpc) is 2.79. The van der Waals surface area contributed by atoms with Gasteiger partial charge in [-0.15, -0.1) is 0 Å². The molecule has 2 rings (SSSR count). The van der Waals surface area contributed by atoms with Crippen LogP contribution < -0.4 is 0 Å². The van der Waals surface area contributed by atoms with Gasteiger partial charge in [-0.25, -0.2) is 0 Å². The molecule has 0 aromatic carbocycles. The lowest BCUT2D eigenvalue weighted by Gasteiger charge is -2.33. The van der Waals surface area contributed by atoms with Gasteiger partial charge in [-0.1, -0.05) is 29.8 Å². The van der Waals surface area contributed by atoms with Crippen molar-refractivity contribution >= 4 is 21.8 Å². The Bertz CT molecular complexity index is 448. The molecule has 1 aliphatic heterocycles. The van der Waals surface area contributed by atoms with Gasteiger partial charge in [-0.2, -0.15) is 5.10 Å². The molecule has 0 bridgehead atoms. The number of rotatable bonds is 3. The van der Waals surface area contributed by atoms with Crippen molar-refractivity contribution < 1.29 is 4.79 Å². The topological polar surface area (TPSA) is 38.1 Å². The molecule has 1 aliphatic rings. The van der Waals surface area contributed by atoms with Gasteiger partial charge in [-0.05, 0) is 25.2 Å². The van der Waals surface area contributed by atoms with E-state index < -0.39 is 0 Å². The van der Waals surface area contributed by atoms with E-state index in [2.05, 4.69) is 28.0 Å². The third kappa shape index (κ3) is 3.19. The van der Waals surface area contributed by atoms with E-state index in [1.54, 1.807) is 4.68 Å². The number of likely N-dealkylation sites (tertiary alicyclic amines) is 1. The molecule has 4 nitrogen and oxygen atoms in total. The summed E-state index contributed by atoms with van der Waals surface area (Å²) in [5.41, 5.74) is 1.68. The number of halogens is 1. The van der Waals surface area contributed by atoms with Crippen LogP contribution in [0, 0.1) is 5.92 Å². The van der Waals surface area contributed by atoms with Crippen LogP contribution >= 0.6 is 15.9 Å². The summed E-state index contributed by atoms with van der Waals surface area (Å²) in [5, 5.41) is 4.35. The predicted octanol–water partition coefficient (Wildman–Crippen LogP) is 2.62. The summed E-state index contributed by atoms with van der Waals surface area (Å²) in [6.07, 6.45) is 4.82. The van der Waals surface area contributed by atoms with Crippen LogP contribution in [0.15, 0.2) is 6.20 Å². The van der Waals surface area contributed by atoms with Crippen molar-refractivity contribution in [3.63, 3.8) is 0 Å². The zero-order chi connectivity index (χ0) is 14.0. The van der Waals surface area contributed by atoms with Crippen molar-refractivity contribution in [3.05, 3.63) is 17.5 Å². The van der Waals surface area contributed by atoms with Crippen LogP contribution in [0.2, 0.25) is 0 Å². The second-order valence-electron chi connectivity index (χ2n) is 5.32. The third-order valence-electron chi connectivity index (χ3n) is 3.95. The molecule has 2 heterocycles. The Balaban J connectivity index is 2.05. The van der Waals surface area contributed by atoms with Gasteiger partial charge in [0, 0.05) is 31.2 Å². The van der Waals surface area contributed by atoms with Gasteiger partial charge < -0.3 is 4.90 Å². The summed E-state index contributed by atoms with van der Waals surface area (Å²) < 4.78 is 1.74. The minimum atomic E-state index is 0.144. The molecule has 0 aliphatic carbocycles. The first-order valence-corrected chi connectivity index (χ1v) is 7.90. The second kappa shape index (κ2) is 6.07. The van der Waals surface area contributed by atoms with Crippen LogP contribution in [0.3, 0.4) is 0 Å². The summed E-state index contributed by atoms with van der Waals surface area (Å²) >= 11 is 3.65. The fourth-order valence-corrected chi connectivity index (χ4v) is 3.24. The maximum absolute atomic E-state index is 12.5. The normalized spacial score (nSPS) is 18.6. The van der Waals surface area contributed by atoms with Crippen molar-refractivity contribution in [2.75, 3.05) is 13.1 Å². The van der Waals surface area contributed by atoms with Crippen LogP contribution in [-0.4, -0.2) is 38.5 Å². The molecular formula is C14H22BrN3O. The zero-order valence-electron chi connectivity index (χ0n) is 11.9. The molecule has 1 fully saturated rings. The van der Waals surface area contributed by atoms with Crippen LogP contribution in [0.25, 0.3) is 0 Å². The van der Waals surface area contributed by atoms with E-state index in [0.29, 0.717) is 10.7 Å². The van der Waals surface area contributed by atoms with E-state index in [1.165, 1.54) is 0 Å². The van der Waals surface area contributed by atoms with Gasteiger partial charge >= 0.3 is 0 Å². The Morgan fingerprint density at radius 3 is 2.68 bits per heavy atom. The molecule has 1 aromatic heterocycles. The summed E-state index contributed by atoms with van der Waals surface area (Å²) in [5.74, 6) is 0.828. The highest BCUT2D eigenvalue weighted by molar-refractivity contribution is 9.09. The van der Waals surface area contributed by atoms with Crippen molar-refractivity contribution in [2.24, 2.45) is 13.0 Å². The number of alkyl halides is 1. The number of piperidine rings is 1. The number of carbonyl (C=O) groups excluding carboxylic acids is 1. The molecule has 0 N–H and O–H groups in total. The van der Waals surface area contributed by atoms with Gasteiger partial charge in [0.25, 0.3) is 5.91 Å². The van der Waals surface area contributed by atoms with Crippen LogP contribution in [0.4, 0.5) is 0 Å². The van der Waals surface area contributed by atoms with Gasteiger partial charge in [-0.3, -0.25) is 9.48 Å². The Morgan fingerprint density at radius 1 is 1.53 bits per heavy atom. The summed E-state index contributed by atoms with van der Waals surface area (Å²) in [6.45, 7) is 5.95. The molecule has 19 heavy (non-hydrogen) atoms. The van der Waals surface area contributed by atoms with E-state index >= 15 is 0 Å². The lowest BCUT2D eigenvalue weighted by molar-refractivity contribution is 0.0690. The van der Waals surface area contributed by atoms with Crippen LogP contribution in [0.5, 0.6) is 0 Å². The predicted molar refractivity (Wildman–Crippen MR) is 79.6 cm³/mol. The molecule has 1 amide bonds. The van der Waals surface area contributed by atoms with E-state index in [1.807, 2.05) is 25.1 Å². The smallest absolute Gasteiger partial charge is 0.257 e. The maximum Gasteiger partial charge on any atom is 0.257 e. The number of amides is 1. The molecule has 1 atom stereocenters. The number of hydrogen-bond acceptors (Lipinski definition) is 2. The fraction of sp³-hybridized carbons (Fsp3) is 0.714. The summed E-state index contributed by atoms with van der Waals surface area (Å²) in [4.78, 5) is 15.0. The first-order valence-electron chi connectivity index (χ1n) is 6.98. The molecule has 1 saturated heterocycles. The van der Waals surface area contributed by atoms with Crippen molar-refractivity contribution in [3.8, 4) is 0 Å². The van der Waals surface area contributed by atoms with Gasteiger partial charge in [0.05, 0.1) is 11.3 Å². The monoisotopic (exact) mass is 327 g/mol.